The van der Waals surface area contributed by atoms with Crippen LogP contribution in [0.1, 0.15) is 0 Å². The third-order valence-electron chi connectivity index (χ3n) is 1.52. The molecule has 1 aromatic carbocycles. The van der Waals surface area contributed by atoms with Crippen LogP contribution in [0.3, 0.4) is 0 Å². The van der Waals surface area contributed by atoms with Crippen LogP contribution >= 0.6 is 11.6 Å². The minimum Gasteiger partial charge on any atom is -0.241 e. The summed E-state index contributed by atoms with van der Waals surface area (Å²) in [5.41, 5.74) is 0.948. The van der Waals surface area contributed by atoms with Crippen molar-refractivity contribution in [1.29, 1.82) is 0 Å². The summed E-state index contributed by atoms with van der Waals surface area (Å²) in [6.07, 6.45) is 3.59. The first kappa shape index (κ1) is 7.37. The Morgan fingerprint density at radius 2 is 2.42 bits per heavy atom. The molecule has 0 saturated carbocycles. The second kappa shape index (κ2) is 2.99. The van der Waals surface area contributed by atoms with Gasteiger partial charge < -0.3 is 0 Å². The van der Waals surface area contributed by atoms with Gasteiger partial charge in [-0.25, -0.2) is 4.68 Å². The molecule has 2 rings (SSSR count). The van der Waals surface area contributed by atoms with Gasteiger partial charge in [0.25, 0.3) is 0 Å². The lowest BCUT2D eigenvalue weighted by molar-refractivity contribution is 0.880. The lowest BCUT2D eigenvalue weighted by Gasteiger charge is -1.99. The van der Waals surface area contributed by atoms with E-state index in [1.54, 1.807) is 16.9 Å². The molecule has 1 heterocycles. The summed E-state index contributed by atoms with van der Waals surface area (Å²) in [7, 11) is 0. The van der Waals surface area contributed by atoms with Gasteiger partial charge in [-0.2, -0.15) is 5.10 Å². The largest absolute Gasteiger partial charge is 0.241 e. The van der Waals surface area contributed by atoms with Gasteiger partial charge in [0.05, 0.1) is 10.7 Å². The summed E-state index contributed by atoms with van der Waals surface area (Å²) in [5, 5.41) is 4.67. The van der Waals surface area contributed by atoms with Crippen molar-refractivity contribution in [2.24, 2.45) is 0 Å². The first-order chi connectivity index (χ1) is 5.86. The molecule has 1 radical (unpaired) electrons. The molecule has 2 nitrogen and oxygen atoms in total. The summed E-state index contributed by atoms with van der Waals surface area (Å²) in [6.45, 7) is 0. The monoisotopic (exact) mass is 177 g/mol. The standard InChI is InChI=1S/C9H6ClN2/c10-8-3-1-4-9(7-8)12-6-2-5-11-12/h1-2,4-7H. The first-order valence-electron chi connectivity index (χ1n) is 3.53. The molecule has 0 aliphatic heterocycles. The van der Waals surface area contributed by atoms with Crippen molar-refractivity contribution in [1.82, 2.24) is 9.78 Å². The van der Waals surface area contributed by atoms with Gasteiger partial charge in [0, 0.05) is 18.5 Å². The quantitative estimate of drug-likeness (QED) is 0.654. The second-order valence-corrected chi connectivity index (χ2v) is 2.75. The van der Waals surface area contributed by atoms with Crippen LogP contribution in [0.25, 0.3) is 5.69 Å². The van der Waals surface area contributed by atoms with Crippen molar-refractivity contribution >= 4 is 11.6 Å². The molecule has 0 N–H and O–H groups in total. The number of halogens is 1. The molecule has 0 saturated heterocycles. The van der Waals surface area contributed by atoms with Gasteiger partial charge in [-0.3, -0.25) is 0 Å². The van der Waals surface area contributed by atoms with Gasteiger partial charge in [-0.1, -0.05) is 17.7 Å². The van der Waals surface area contributed by atoms with Crippen LogP contribution in [-0.4, -0.2) is 9.78 Å². The average molecular weight is 178 g/mol. The van der Waals surface area contributed by atoms with Gasteiger partial charge in [-0.15, -0.1) is 0 Å². The Morgan fingerprint density at radius 3 is 3.08 bits per heavy atom. The summed E-state index contributed by atoms with van der Waals surface area (Å²) in [6, 6.07) is 10.2. The highest BCUT2D eigenvalue weighted by Gasteiger charge is 1.95. The van der Waals surface area contributed by atoms with E-state index in [1.807, 2.05) is 24.4 Å². The van der Waals surface area contributed by atoms with Crippen molar-refractivity contribution in [2.75, 3.05) is 0 Å². The Labute approximate surface area is 75.4 Å². The molecular weight excluding hydrogens is 172 g/mol. The lowest BCUT2D eigenvalue weighted by atomic mass is 10.3. The molecule has 0 fully saturated rings. The molecule has 0 unspecified atom stereocenters. The third kappa shape index (κ3) is 1.34. The van der Waals surface area contributed by atoms with Crippen molar-refractivity contribution in [3.63, 3.8) is 0 Å². The van der Waals surface area contributed by atoms with E-state index in [0.29, 0.717) is 5.02 Å². The highest BCUT2D eigenvalue weighted by Crippen LogP contribution is 2.12. The third-order valence-corrected chi connectivity index (χ3v) is 1.74. The fraction of sp³-hybridized carbons (Fsp3) is 0. The summed E-state index contributed by atoms with van der Waals surface area (Å²) in [4.78, 5) is 0. The maximum absolute atomic E-state index is 5.77. The topological polar surface area (TPSA) is 17.8 Å². The van der Waals surface area contributed by atoms with E-state index in [-0.39, 0.29) is 0 Å². The van der Waals surface area contributed by atoms with Crippen LogP contribution in [0.15, 0.2) is 36.7 Å². The van der Waals surface area contributed by atoms with E-state index >= 15 is 0 Å². The fourth-order valence-corrected chi connectivity index (χ4v) is 1.17. The molecule has 59 valence electrons. The number of hydrogen-bond donors (Lipinski definition) is 0. The van der Waals surface area contributed by atoms with Gasteiger partial charge in [0.1, 0.15) is 0 Å². The second-order valence-electron chi connectivity index (χ2n) is 2.35. The number of nitrogens with zero attached hydrogens (tertiary/aromatic N) is 2. The summed E-state index contributed by atoms with van der Waals surface area (Å²) < 4.78 is 1.75. The van der Waals surface area contributed by atoms with Gasteiger partial charge in [0.2, 0.25) is 0 Å². The van der Waals surface area contributed by atoms with Crippen LogP contribution in [0.2, 0.25) is 5.02 Å². The molecule has 0 aliphatic carbocycles. The zero-order valence-electron chi connectivity index (χ0n) is 6.24. The van der Waals surface area contributed by atoms with E-state index in [4.69, 9.17) is 11.6 Å². The average Bonchev–Trinajstić information content (AvgIpc) is 2.56. The maximum Gasteiger partial charge on any atom is 0.0660 e. The number of aromatic nitrogens is 2. The smallest absolute Gasteiger partial charge is 0.0660 e. The molecule has 0 spiro atoms. The lowest BCUT2D eigenvalue weighted by Crippen LogP contribution is -1.92. The number of benzene rings is 1. The Kier molecular flexibility index (Phi) is 1.84. The normalized spacial score (nSPS) is 10.1. The Hall–Kier alpha value is -1.28. The van der Waals surface area contributed by atoms with E-state index in [1.165, 1.54) is 0 Å². The summed E-state index contributed by atoms with van der Waals surface area (Å²) in [5.74, 6) is 0. The maximum atomic E-state index is 5.77. The Morgan fingerprint density at radius 1 is 1.50 bits per heavy atom. The van der Waals surface area contributed by atoms with Crippen molar-refractivity contribution < 1.29 is 0 Å². The molecule has 12 heavy (non-hydrogen) atoms. The molecule has 3 heteroatoms. The molecule has 0 atom stereocenters. The molecular formula is C9H6ClN2. The fourth-order valence-electron chi connectivity index (χ4n) is 0.990. The Balaban J connectivity index is 2.48. The minimum absolute atomic E-state index is 0.600. The van der Waals surface area contributed by atoms with Gasteiger partial charge >= 0.3 is 0 Å². The van der Waals surface area contributed by atoms with Crippen LogP contribution in [0.4, 0.5) is 0 Å². The number of hydrogen-bond acceptors (Lipinski definition) is 1. The molecule has 1 aromatic heterocycles. The van der Waals surface area contributed by atoms with Crippen LogP contribution in [0.5, 0.6) is 0 Å². The zero-order chi connectivity index (χ0) is 8.39. The van der Waals surface area contributed by atoms with Crippen LogP contribution in [-0.2, 0) is 0 Å². The van der Waals surface area contributed by atoms with Crippen molar-refractivity contribution in [2.45, 2.75) is 0 Å². The van der Waals surface area contributed by atoms with Gasteiger partial charge in [0.15, 0.2) is 0 Å². The Bertz CT molecular complexity index is 368. The summed E-state index contributed by atoms with van der Waals surface area (Å²) >= 11 is 5.77. The SMILES string of the molecule is Clc1[c]ccc(-n2cccn2)c1. The van der Waals surface area contributed by atoms with Crippen molar-refractivity contribution in [3.8, 4) is 5.69 Å². The molecule has 0 amide bonds. The molecule has 2 aromatic rings. The van der Waals surface area contributed by atoms with E-state index in [2.05, 4.69) is 11.2 Å². The highest BCUT2D eigenvalue weighted by atomic mass is 35.5. The molecule has 0 aliphatic rings. The van der Waals surface area contributed by atoms with Crippen LogP contribution in [0, 0.1) is 6.07 Å². The first-order valence-corrected chi connectivity index (χ1v) is 3.91. The predicted octanol–water partition coefficient (Wildman–Crippen LogP) is 2.33. The van der Waals surface area contributed by atoms with Crippen molar-refractivity contribution in [3.05, 3.63) is 47.7 Å². The van der Waals surface area contributed by atoms with Gasteiger partial charge in [-0.05, 0) is 18.2 Å². The zero-order valence-corrected chi connectivity index (χ0v) is 6.99. The van der Waals surface area contributed by atoms with Crippen LogP contribution < -0.4 is 0 Å². The van der Waals surface area contributed by atoms with E-state index in [0.717, 1.165) is 5.69 Å². The van der Waals surface area contributed by atoms with E-state index in [9.17, 15) is 0 Å². The minimum atomic E-state index is 0.600. The highest BCUT2D eigenvalue weighted by molar-refractivity contribution is 6.30. The molecule has 0 bridgehead atoms. The number of rotatable bonds is 1. The van der Waals surface area contributed by atoms with E-state index < -0.39 is 0 Å². The predicted molar refractivity (Wildman–Crippen MR) is 47.4 cm³/mol.